The fraction of sp³-hybridized carbons (Fsp3) is 0.167. The molecule has 0 radical (unpaired) electrons. The molecule has 0 aliphatic rings. The van der Waals surface area contributed by atoms with Gasteiger partial charge in [-0.1, -0.05) is 24.3 Å². The summed E-state index contributed by atoms with van der Waals surface area (Å²) in [6, 6.07) is 18.4. The molecule has 0 saturated carbocycles. The first kappa shape index (κ1) is 21.8. The Hall–Kier alpha value is -3.87. The molecule has 0 aliphatic heterocycles. The van der Waals surface area contributed by atoms with Gasteiger partial charge in [-0.15, -0.1) is 0 Å². The second kappa shape index (κ2) is 10.8. The van der Waals surface area contributed by atoms with Crippen LogP contribution >= 0.6 is 0 Å². The molecule has 160 valence electrons. The minimum Gasteiger partial charge on any atom is -0.497 e. The van der Waals surface area contributed by atoms with Crippen LogP contribution in [0.15, 0.2) is 71.8 Å². The molecule has 0 heterocycles. The van der Waals surface area contributed by atoms with Crippen LogP contribution in [0.3, 0.4) is 0 Å². The minimum atomic E-state index is -0.356. The third-order valence-corrected chi connectivity index (χ3v) is 4.32. The predicted molar refractivity (Wildman–Crippen MR) is 116 cm³/mol. The highest BCUT2D eigenvalue weighted by Crippen LogP contribution is 2.29. The zero-order chi connectivity index (χ0) is 22.1. The Morgan fingerprint density at radius 3 is 2.65 bits per heavy atom. The number of rotatable bonds is 9. The molecule has 3 aromatic rings. The van der Waals surface area contributed by atoms with E-state index >= 15 is 0 Å². The molecule has 0 fully saturated rings. The quantitative estimate of drug-likeness (QED) is 0.405. The van der Waals surface area contributed by atoms with E-state index in [0.29, 0.717) is 40.5 Å². The number of carbonyl (C=O) groups excluding carboxylic acids is 1. The summed E-state index contributed by atoms with van der Waals surface area (Å²) < 4.78 is 30.3. The molecule has 0 unspecified atom stereocenters. The summed E-state index contributed by atoms with van der Waals surface area (Å²) in [5.74, 6) is 0.898. The van der Waals surface area contributed by atoms with Crippen LogP contribution in [-0.2, 0) is 6.61 Å². The Morgan fingerprint density at radius 1 is 1.03 bits per heavy atom. The van der Waals surface area contributed by atoms with Crippen LogP contribution < -0.4 is 19.6 Å². The molecule has 3 rings (SSSR count). The van der Waals surface area contributed by atoms with Crippen molar-refractivity contribution < 1.29 is 23.4 Å². The molecule has 7 heteroatoms. The summed E-state index contributed by atoms with van der Waals surface area (Å²) in [7, 11) is 1.54. The molecule has 0 saturated heterocycles. The fourth-order valence-corrected chi connectivity index (χ4v) is 2.76. The number of benzene rings is 3. The minimum absolute atomic E-state index is 0.0801. The molecular weight excluding hydrogens is 399 g/mol. The number of halogens is 1. The van der Waals surface area contributed by atoms with E-state index in [1.165, 1.54) is 19.4 Å². The van der Waals surface area contributed by atoms with E-state index < -0.39 is 0 Å². The van der Waals surface area contributed by atoms with Crippen LogP contribution in [-0.4, -0.2) is 25.8 Å². The molecule has 6 nitrogen and oxygen atoms in total. The van der Waals surface area contributed by atoms with E-state index in [2.05, 4.69) is 10.5 Å². The lowest BCUT2D eigenvalue weighted by Crippen LogP contribution is -2.17. The van der Waals surface area contributed by atoms with Crippen molar-refractivity contribution in [2.45, 2.75) is 13.5 Å². The normalized spacial score (nSPS) is 10.7. The van der Waals surface area contributed by atoms with Gasteiger partial charge >= 0.3 is 0 Å². The van der Waals surface area contributed by atoms with Crippen molar-refractivity contribution in [1.82, 2.24) is 5.43 Å². The number of hydrogen-bond acceptors (Lipinski definition) is 5. The van der Waals surface area contributed by atoms with Crippen molar-refractivity contribution in [2.75, 3.05) is 13.7 Å². The lowest BCUT2D eigenvalue weighted by atomic mass is 10.2. The molecule has 1 amide bonds. The van der Waals surface area contributed by atoms with Crippen LogP contribution in [0.25, 0.3) is 0 Å². The SMILES string of the molecule is CCOc1cc(/C=N/NC(=O)c2cccc(OC)c2)ccc1OCc1ccccc1F. The summed E-state index contributed by atoms with van der Waals surface area (Å²) >= 11 is 0. The molecule has 0 aromatic heterocycles. The number of ether oxygens (including phenoxy) is 3. The number of nitrogens with zero attached hydrogens (tertiary/aromatic N) is 1. The average Bonchev–Trinajstić information content (AvgIpc) is 2.79. The first-order chi connectivity index (χ1) is 15.1. The topological polar surface area (TPSA) is 69.2 Å². The van der Waals surface area contributed by atoms with E-state index in [1.807, 2.05) is 6.92 Å². The first-order valence-electron chi connectivity index (χ1n) is 9.71. The Kier molecular flexibility index (Phi) is 7.59. The second-order valence-electron chi connectivity index (χ2n) is 6.45. The standard InChI is InChI=1S/C24H23FN2O4/c1-3-30-23-13-17(11-12-22(23)31-16-19-7-4-5-10-21(19)25)15-26-27-24(28)18-8-6-9-20(14-18)29-2/h4-15H,3,16H2,1-2H3,(H,27,28)/b26-15+. The molecule has 0 spiro atoms. The maximum Gasteiger partial charge on any atom is 0.271 e. The highest BCUT2D eigenvalue weighted by atomic mass is 19.1. The highest BCUT2D eigenvalue weighted by molar-refractivity contribution is 5.95. The Bertz CT molecular complexity index is 1070. The average molecular weight is 422 g/mol. The van der Waals surface area contributed by atoms with Gasteiger partial charge in [0.1, 0.15) is 18.2 Å². The smallest absolute Gasteiger partial charge is 0.271 e. The largest absolute Gasteiger partial charge is 0.497 e. The molecule has 1 N–H and O–H groups in total. The summed E-state index contributed by atoms with van der Waals surface area (Å²) in [4.78, 5) is 12.2. The van der Waals surface area contributed by atoms with Gasteiger partial charge in [0.25, 0.3) is 5.91 Å². The lowest BCUT2D eigenvalue weighted by Gasteiger charge is -2.13. The van der Waals surface area contributed by atoms with E-state index in [9.17, 15) is 9.18 Å². The summed E-state index contributed by atoms with van der Waals surface area (Å²) in [5.41, 5.74) is 4.07. The van der Waals surface area contributed by atoms with Crippen LogP contribution in [0.1, 0.15) is 28.4 Å². The highest BCUT2D eigenvalue weighted by Gasteiger charge is 2.09. The van der Waals surface area contributed by atoms with Gasteiger partial charge in [-0.2, -0.15) is 5.10 Å². The van der Waals surface area contributed by atoms with Gasteiger partial charge in [-0.3, -0.25) is 4.79 Å². The molecule has 0 aliphatic carbocycles. The first-order valence-corrected chi connectivity index (χ1v) is 9.71. The number of nitrogens with one attached hydrogen (secondary N) is 1. The van der Waals surface area contributed by atoms with Gasteiger partial charge in [0.05, 0.1) is 19.9 Å². The monoisotopic (exact) mass is 422 g/mol. The zero-order valence-corrected chi connectivity index (χ0v) is 17.3. The van der Waals surface area contributed by atoms with Gasteiger partial charge in [-0.05, 0) is 55.0 Å². The number of methoxy groups -OCH3 is 1. The number of carbonyl (C=O) groups is 1. The molecule has 0 bridgehead atoms. The number of amides is 1. The van der Waals surface area contributed by atoms with Gasteiger partial charge in [0.2, 0.25) is 0 Å². The maximum atomic E-state index is 13.8. The van der Waals surface area contributed by atoms with Crippen molar-refractivity contribution >= 4 is 12.1 Å². The number of hydrogen-bond donors (Lipinski definition) is 1. The summed E-state index contributed by atoms with van der Waals surface area (Å²) in [6.45, 7) is 2.37. The summed E-state index contributed by atoms with van der Waals surface area (Å²) in [6.07, 6.45) is 1.50. The fourth-order valence-electron chi connectivity index (χ4n) is 2.76. The third kappa shape index (κ3) is 6.05. The van der Waals surface area contributed by atoms with E-state index in [4.69, 9.17) is 14.2 Å². The Labute approximate surface area is 180 Å². The van der Waals surface area contributed by atoms with Crippen LogP contribution in [0.5, 0.6) is 17.2 Å². The lowest BCUT2D eigenvalue weighted by molar-refractivity contribution is 0.0955. The van der Waals surface area contributed by atoms with Gasteiger partial charge in [0.15, 0.2) is 11.5 Å². The summed E-state index contributed by atoms with van der Waals surface area (Å²) in [5, 5.41) is 4.00. The number of hydrazone groups is 1. The molecule has 0 atom stereocenters. The molecule has 31 heavy (non-hydrogen) atoms. The third-order valence-electron chi connectivity index (χ3n) is 4.32. The van der Waals surface area contributed by atoms with E-state index in [1.54, 1.807) is 60.7 Å². The van der Waals surface area contributed by atoms with Crippen LogP contribution in [0, 0.1) is 5.82 Å². The van der Waals surface area contributed by atoms with Crippen molar-refractivity contribution in [3.63, 3.8) is 0 Å². The second-order valence-corrected chi connectivity index (χ2v) is 6.45. The van der Waals surface area contributed by atoms with E-state index in [-0.39, 0.29) is 18.3 Å². The molecule has 3 aromatic carbocycles. The van der Waals surface area contributed by atoms with Crippen molar-refractivity contribution in [2.24, 2.45) is 5.10 Å². The van der Waals surface area contributed by atoms with Crippen LogP contribution in [0.2, 0.25) is 0 Å². The van der Waals surface area contributed by atoms with E-state index in [0.717, 1.165) is 0 Å². The molecular formula is C24H23FN2O4. The van der Waals surface area contributed by atoms with Crippen molar-refractivity contribution in [3.8, 4) is 17.2 Å². The van der Waals surface area contributed by atoms with Crippen molar-refractivity contribution in [3.05, 3.63) is 89.2 Å². The Morgan fingerprint density at radius 2 is 1.87 bits per heavy atom. The van der Waals surface area contributed by atoms with Gasteiger partial charge < -0.3 is 14.2 Å². The van der Waals surface area contributed by atoms with Gasteiger partial charge in [-0.25, -0.2) is 9.82 Å². The van der Waals surface area contributed by atoms with Gasteiger partial charge in [0, 0.05) is 11.1 Å². The maximum absolute atomic E-state index is 13.8. The van der Waals surface area contributed by atoms with Crippen molar-refractivity contribution in [1.29, 1.82) is 0 Å². The Balaban J connectivity index is 1.66. The zero-order valence-electron chi connectivity index (χ0n) is 17.3. The van der Waals surface area contributed by atoms with Crippen LogP contribution in [0.4, 0.5) is 4.39 Å². The predicted octanol–water partition coefficient (Wildman–Crippen LogP) is 4.58.